The van der Waals surface area contributed by atoms with E-state index in [1.807, 2.05) is 48.7 Å². The number of thiocarbonyl (C=S) groups is 1. The van der Waals surface area contributed by atoms with E-state index in [0.29, 0.717) is 23.1 Å². The van der Waals surface area contributed by atoms with Crippen LogP contribution in [-0.2, 0) is 11.2 Å². The second-order valence-electron chi connectivity index (χ2n) is 10.4. The average Bonchev–Trinajstić information content (AvgIpc) is 3.46. The van der Waals surface area contributed by atoms with Crippen LogP contribution >= 0.6 is 12.2 Å². The van der Waals surface area contributed by atoms with Gasteiger partial charge in [-0.1, -0.05) is 43.3 Å². The molecule has 2 N–H and O–H groups in total. The molecule has 0 saturated carbocycles. The van der Waals surface area contributed by atoms with Crippen molar-refractivity contribution in [1.82, 2.24) is 19.8 Å². The molecule has 0 radical (unpaired) electrons. The number of pyridine rings is 1. The van der Waals surface area contributed by atoms with Gasteiger partial charge in [0.05, 0.1) is 36.3 Å². The highest BCUT2D eigenvalue weighted by Crippen LogP contribution is 2.42. The lowest BCUT2D eigenvalue weighted by atomic mass is 9.96. The smallest absolute Gasteiger partial charge is 0.226 e. The van der Waals surface area contributed by atoms with Gasteiger partial charge in [-0.3, -0.25) is 9.78 Å². The molecule has 2 aromatic carbocycles. The van der Waals surface area contributed by atoms with Crippen molar-refractivity contribution in [1.29, 1.82) is 0 Å². The third-order valence-corrected chi connectivity index (χ3v) is 8.23. The summed E-state index contributed by atoms with van der Waals surface area (Å²) < 4.78 is 7.77. The number of ether oxygens (including phenoxy) is 1. The Balaban J connectivity index is 1.50. The third-order valence-electron chi connectivity index (χ3n) is 7.87. The van der Waals surface area contributed by atoms with Crippen LogP contribution in [0.25, 0.3) is 5.69 Å². The molecule has 1 saturated heterocycles. The Morgan fingerprint density at radius 2 is 1.85 bits per heavy atom. The molecule has 0 unspecified atom stereocenters. The summed E-state index contributed by atoms with van der Waals surface area (Å²) in [5, 5.41) is 7.13. The molecule has 41 heavy (non-hydrogen) atoms. The minimum absolute atomic E-state index is 0.102. The molecule has 8 heteroatoms. The van der Waals surface area contributed by atoms with E-state index in [1.165, 1.54) is 22.4 Å². The molecular formula is C33H37N5O2S. The predicted octanol–water partition coefficient (Wildman–Crippen LogP) is 6.37. The Bertz CT molecular complexity index is 1570. The van der Waals surface area contributed by atoms with Crippen LogP contribution in [0.1, 0.15) is 59.2 Å². The second-order valence-corrected chi connectivity index (χ2v) is 10.8. The van der Waals surface area contributed by atoms with Gasteiger partial charge in [0.1, 0.15) is 5.75 Å². The van der Waals surface area contributed by atoms with Gasteiger partial charge in [0.2, 0.25) is 5.91 Å². The Labute approximate surface area is 247 Å². The topological polar surface area (TPSA) is 71.4 Å². The first-order chi connectivity index (χ1) is 19.8. The van der Waals surface area contributed by atoms with Crippen molar-refractivity contribution in [2.75, 3.05) is 19.0 Å². The summed E-state index contributed by atoms with van der Waals surface area (Å²) in [6.45, 7) is 9.15. The Morgan fingerprint density at radius 1 is 1.07 bits per heavy atom. The van der Waals surface area contributed by atoms with Crippen LogP contribution in [0.2, 0.25) is 0 Å². The van der Waals surface area contributed by atoms with Crippen molar-refractivity contribution in [3.8, 4) is 11.4 Å². The zero-order chi connectivity index (χ0) is 29.1. The number of nitrogens with one attached hydrogen (secondary N) is 2. The monoisotopic (exact) mass is 567 g/mol. The molecule has 1 fully saturated rings. The van der Waals surface area contributed by atoms with Crippen molar-refractivity contribution < 1.29 is 9.53 Å². The predicted molar refractivity (Wildman–Crippen MR) is 168 cm³/mol. The van der Waals surface area contributed by atoms with Gasteiger partial charge in [-0.2, -0.15) is 0 Å². The number of anilines is 1. The molecule has 1 aliphatic rings. The summed E-state index contributed by atoms with van der Waals surface area (Å²) >= 11 is 5.88. The largest absolute Gasteiger partial charge is 0.495 e. The van der Waals surface area contributed by atoms with E-state index in [9.17, 15) is 4.79 Å². The van der Waals surface area contributed by atoms with E-state index >= 15 is 0 Å². The highest BCUT2D eigenvalue weighted by molar-refractivity contribution is 7.80. The van der Waals surface area contributed by atoms with Gasteiger partial charge >= 0.3 is 0 Å². The molecule has 5 rings (SSSR count). The number of rotatable bonds is 9. The average molecular weight is 568 g/mol. The Morgan fingerprint density at radius 3 is 2.59 bits per heavy atom. The molecule has 2 atom stereocenters. The number of nitrogens with zero attached hydrogens (tertiary/aromatic N) is 3. The standard InChI is InChI=1S/C33H37N5O2S/c1-6-24-13-11-12-21(2)31(24)38-22(3)20-25(23(38)4)32-30(27-15-9-10-18-34-27)36-33(41)37(32)19-17-29(39)35-26-14-7-8-16-28(26)40-5/h7-16,18,20,30,32H,6,17,19H2,1-5H3,(H,35,39)(H,36,41)/t30-,32-/m1/s1. The number of para-hydroxylation sites is 3. The fourth-order valence-electron chi connectivity index (χ4n) is 5.92. The van der Waals surface area contributed by atoms with Gasteiger partial charge < -0.3 is 24.8 Å². The summed E-state index contributed by atoms with van der Waals surface area (Å²) in [7, 11) is 1.60. The molecule has 0 spiro atoms. The lowest BCUT2D eigenvalue weighted by Crippen LogP contribution is -2.33. The first kappa shape index (κ1) is 28.4. The SMILES string of the molecule is CCc1cccc(C)c1-n1c(C)cc([C@@H]2[C@@H](c3ccccn3)NC(=S)N2CCC(=O)Nc2ccccc2OC)c1C. The molecule has 4 aromatic rings. The van der Waals surface area contributed by atoms with Crippen molar-refractivity contribution in [2.24, 2.45) is 0 Å². The van der Waals surface area contributed by atoms with E-state index in [0.717, 1.165) is 23.5 Å². The number of benzene rings is 2. The van der Waals surface area contributed by atoms with Gasteiger partial charge in [0.15, 0.2) is 5.11 Å². The quantitative estimate of drug-likeness (QED) is 0.229. The summed E-state index contributed by atoms with van der Waals surface area (Å²) in [4.78, 5) is 19.9. The van der Waals surface area contributed by atoms with Gasteiger partial charge in [-0.05, 0) is 86.4 Å². The Hall–Kier alpha value is -4.17. The van der Waals surface area contributed by atoms with Gasteiger partial charge in [0.25, 0.3) is 0 Å². The maximum Gasteiger partial charge on any atom is 0.226 e. The van der Waals surface area contributed by atoms with Crippen LogP contribution < -0.4 is 15.4 Å². The van der Waals surface area contributed by atoms with Crippen molar-refractivity contribution in [3.05, 3.63) is 107 Å². The lowest BCUT2D eigenvalue weighted by Gasteiger charge is -2.28. The molecule has 1 amide bonds. The van der Waals surface area contributed by atoms with E-state index < -0.39 is 0 Å². The highest BCUT2D eigenvalue weighted by atomic mass is 32.1. The Kier molecular flexibility index (Phi) is 8.40. The molecule has 0 aliphatic carbocycles. The van der Waals surface area contributed by atoms with Crippen LogP contribution in [0.4, 0.5) is 5.69 Å². The molecule has 7 nitrogen and oxygen atoms in total. The number of amides is 1. The summed E-state index contributed by atoms with van der Waals surface area (Å²) in [5.41, 5.74) is 8.84. The fraction of sp³-hybridized carbons (Fsp3) is 0.303. The fourth-order valence-corrected chi connectivity index (χ4v) is 6.26. The summed E-state index contributed by atoms with van der Waals surface area (Å²) in [6, 6.07) is 21.8. The molecule has 2 aromatic heterocycles. The van der Waals surface area contributed by atoms with Crippen molar-refractivity contribution in [2.45, 2.75) is 52.6 Å². The van der Waals surface area contributed by atoms with E-state index in [4.69, 9.17) is 17.0 Å². The minimum Gasteiger partial charge on any atom is -0.495 e. The summed E-state index contributed by atoms with van der Waals surface area (Å²) in [6.07, 6.45) is 3.02. The van der Waals surface area contributed by atoms with Crippen LogP contribution in [0, 0.1) is 20.8 Å². The number of carbonyl (C=O) groups excluding carboxylic acids is 1. The maximum atomic E-state index is 13.1. The number of aromatic nitrogens is 2. The van der Waals surface area contributed by atoms with E-state index in [1.54, 1.807) is 7.11 Å². The normalized spacial score (nSPS) is 16.5. The molecule has 3 heterocycles. The zero-order valence-corrected chi connectivity index (χ0v) is 25.1. The van der Waals surface area contributed by atoms with E-state index in [-0.39, 0.29) is 24.4 Å². The van der Waals surface area contributed by atoms with Crippen molar-refractivity contribution >= 4 is 28.9 Å². The van der Waals surface area contributed by atoms with Crippen LogP contribution in [0.3, 0.4) is 0 Å². The van der Waals surface area contributed by atoms with E-state index in [2.05, 4.69) is 77.0 Å². The molecule has 0 bridgehead atoms. The lowest BCUT2D eigenvalue weighted by molar-refractivity contribution is -0.116. The van der Waals surface area contributed by atoms with Gasteiger partial charge in [-0.25, -0.2) is 0 Å². The van der Waals surface area contributed by atoms with Gasteiger partial charge in [0, 0.05) is 30.6 Å². The first-order valence-electron chi connectivity index (χ1n) is 14.0. The van der Waals surface area contributed by atoms with Crippen LogP contribution in [0.15, 0.2) is 72.9 Å². The van der Waals surface area contributed by atoms with Gasteiger partial charge in [-0.15, -0.1) is 0 Å². The number of carbonyl (C=O) groups is 1. The number of hydrogen-bond acceptors (Lipinski definition) is 4. The second kappa shape index (κ2) is 12.1. The number of methoxy groups -OCH3 is 1. The highest BCUT2D eigenvalue weighted by Gasteiger charge is 2.41. The van der Waals surface area contributed by atoms with Crippen molar-refractivity contribution in [3.63, 3.8) is 0 Å². The number of aryl methyl sites for hydroxylation is 3. The molecular weight excluding hydrogens is 530 g/mol. The maximum absolute atomic E-state index is 13.1. The summed E-state index contributed by atoms with van der Waals surface area (Å²) in [5.74, 6) is 0.526. The minimum atomic E-state index is -0.155. The molecule has 212 valence electrons. The first-order valence-corrected chi connectivity index (χ1v) is 14.4. The zero-order valence-electron chi connectivity index (χ0n) is 24.3. The van der Waals surface area contributed by atoms with Crippen LogP contribution in [0.5, 0.6) is 5.75 Å². The van der Waals surface area contributed by atoms with Crippen LogP contribution in [-0.4, -0.2) is 39.1 Å². The number of hydrogen-bond donors (Lipinski definition) is 2. The molecule has 1 aliphatic heterocycles. The third kappa shape index (κ3) is 5.57.